The van der Waals surface area contributed by atoms with Crippen LogP contribution in [0.5, 0.6) is 0 Å². The van der Waals surface area contributed by atoms with Crippen LogP contribution in [-0.2, 0) is 4.79 Å². The molecule has 0 spiro atoms. The molecule has 0 saturated carbocycles. The highest BCUT2D eigenvalue weighted by Crippen LogP contribution is 2.33. The lowest BCUT2D eigenvalue weighted by molar-refractivity contribution is -0.132. The van der Waals surface area contributed by atoms with E-state index in [-0.39, 0.29) is 36.2 Å². The van der Waals surface area contributed by atoms with Crippen molar-refractivity contribution < 1.29 is 14.4 Å². The number of benzene rings is 2. The first-order valence-electron chi connectivity index (χ1n) is 8.87. The maximum Gasteiger partial charge on any atom is 0.262 e. The van der Waals surface area contributed by atoms with E-state index in [9.17, 15) is 14.4 Å². The van der Waals surface area contributed by atoms with Crippen molar-refractivity contribution in [2.24, 2.45) is 0 Å². The van der Waals surface area contributed by atoms with Crippen LogP contribution in [0.3, 0.4) is 0 Å². The minimum Gasteiger partial charge on any atom is -0.338 e. The fraction of sp³-hybridized carbons (Fsp3) is 0.286. The number of carbonyl (C=O) groups is 3. The summed E-state index contributed by atoms with van der Waals surface area (Å²) in [4.78, 5) is 40.6. The molecule has 0 aromatic heterocycles. The molecule has 132 valence electrons. The second-order valence-electron chi connectivity index (χ2n) is 6.88. The molecule has 2 atom stereocenters. The number of amides is 3. The monoisotopic (exact) mass is 348 g/mol. The van der Waals surface area contributed by atoms with Crippen LogP contribution in [0.1, 0.15) is 45.5 Å². The van der Waals surface area contributed by atoms with Crippen molar-refractivity contribution in [1.29, 1.82) is 0 Å². The zero-order valence-corrected chi connectivity index (χ0v) is 14.6. The fourth-order valence-corrected chi connectivity index (χ4v) is 4.05. The average molecular weight is 348 g/mol. The lowest BCUT2D eigenvalue weighted by atomic mass is 9.93. The van der Waals surface area contributed by atoms with Gasteiger partial charge in [-0.25, -0.2) is 0 Å². The first-order valence-corrected chi connectivity index (χ1v) is 8.87. The molecule has 0 aliphatic carbocycles. The molecule has 1 fully saturated rings. The van der Waals surface area contributed by atoms with Crippen LogP contribution in [0.2, 0.25) is 0 Å². The summed E-state index contributed by atoms with van der Waals surface area (Å²) in [6.45, 7) is 2.48. The van der Waals surface area contributed by atoms with Crippen LogP contribution < -0.4 is 0 Å². The summed E-state index contributed by atoms with van der Waals surface area (Å²) in [7, 11) is 0. The van der Waals surface area contributed by atoms with E-state index in [1.165, 1.54) is 5.56 Å². The number of likely N-dealkylation sites (tertiary alicyclic amines) is 1. The van der Waals surface area contributed by atoms with Crippen molar-refractivity contribution in [3.8, 4) is 0 Å². The Balaban J connectivity index is 1.48. The summed E-state index contributed by atoms with van der Waals surface area (Å²) >= 11 is 0. The molecule has 4 rings (SSSR count). The molecule has 5 nitrogen and oxygen atoms in total. The van der Waals surface area contributed by atoms with Crippen LogP contribution in [0, 0.1) is 0 Å². The van der Waals surface area contributed by atoms with Gasteiger partial charge in [0, 0.05) is 18.5 Å². The van der Waals surface area contributed by atoms with Gasteiger partial charge in [-0.1, -0.05) is 42.5 Å². The van der Waals surface area contributed by atoms with E-state index in [1.54, 1.807) is 29.2 Å². The molecule has 3 amide bonds. The second-order valence-corrected chi connectivity index (χ2v) is 6.88. The van der Waals surface area contributed by atoms with E-state index >= 15 is 0 Å². The van der Waals surface area contributed by atoms with Gasteiger partial charge in [0.2, 0.25) is 5.91 Å². The normalized spacial score (nSPS) is 22.0. The summed E-state index contributed by atoms with van der Waals surface area (Å²) in [6, 6.07) is 16.9. The Hall–Kier alpha value is -2.95. The molecule has 26 heavy (non-hydrogen) atoms. The van der Waals surface area contributed by atoms with Gasteiger partial charge >= 0.3 is 0 Å². The quantitative estimate of drug-likeness (QED) is 0.802. The second kappa shape index (κ2) is 6.41. The van der Waals surface area contributed by atoms with Crippen LogP contribution in [0.15, 0.2) is 54.6 Å². The third-order valence-corrected chi connectivity index (χ3v) is 5.47. The van der Waals surface area contributed by atoms with Crippen LogP contribution >= 0.6 is 0 Å². The molecule has 0 radical (unpaired) electrons. The maximum atomic E-state index is 12.8. The number of imide groups is 1. The standard InChI is InChI=1S/C21H20N2O3/c1-14-16(15-7-3-2-4-8-15)11-12-22(14)19(24)13-23-20(25)17-9-5-6-10-18(17)21(23)26/h2-10,14,16H,11-13H2,1H3. The lowest BCUT2D eigenvalue weighted by Crippen LogP contribution is -2.44. The van der Waals surface area contributed by atoms with E-state index in [0.29, 0.717) is 17.7 Å². The van der Waals surface area contributed by atoms with Gasteiger partial charge in [-0.15, -0.1) is 0 Å². The minimum atomic E-state index is -0.384. The molecule has 2 aromatic carbocycles. The Morgan fingerprint density at radius 1 is 0.962 bits per heavy atom. The van der Waals surface area contributed by atoms with E-state index in [2.05, 4.69) is 12.1 Å². The van der Waals surface area contributed by atoms with Gasteiger partial charge in [0.15, 0.2) is 0 Å². The van der Waals surface area contributed by atoms with E-state index in [4.69, 9.17) is 0 Å². The Morgan fingerprint density at radius 3 is 2.15 bits per heavy atom. The number of hydrogen-bond donors (Lipinski definition) is 0. The summed E-state index contributed by atoms with van der Waals surface area (Å²) in [5, 5.41) is 0. The van der Waals surface area contributed by atoms with Crippen molar-refractivity contribution >= 4 is 17.7 Å². The topological polar surface area (TPSA) is 57.7 Å². The van der Waals surface area contributed by atoms with Gasteiger partial charge in [0.25, 0.3) is 11.8 Å². The Kier molecular flexibility index (Phi) is 4.07. The van der Waals surface area contributed by atoms with Gasteiger partial charge in [0.05, 0.1) is 11.1 Å². The van der Waals surface area contributed by atoms with Crippen LogP contribution in [0.25, 0.3) is 0 Å². The molecular weight excluding hydrogens is 328 g/mol. The highest BCUT2D eigenvalue weighted by atomic mass is 16.2. The number of fused-ring (bicyclic) bond motifs is 1. The Bertz CT molecular complexity index is 843. The van der Waals surface area contributed by atoms with Crippen LogP contribution in [0.4, 0.5) is 0 Å². The van der Waals surface area contributed by atoms with Crippen molar-refractivity contribution in [3.63, 3.8) is 0 Å². The maximum absolute atomic E-state index is 12.8. The number of hydrogen-bond acceptors (Lipinski definition) is 3. The van der Waals surface area contributed by atoms with E-state index in [0.717, 1.165) is 11.3 Å². The Morgan fingerprint density at radius 2 is 1.54 bits per heavy atom. The largest absolute Gasteiger partial charge is 0.338 e. The molecule has 0 bridgehead atoms. The predicted molar refractivity (Wildman–Crippen MR) is 96.8 cm³/mol. The summed E-state index contributed by atoms with van der Waals surface area (Å²) in [6.07, 6.45) is 0.888. The zero-order chi connectivity index (χ0) is 18.3. The molecular formula is C21H20N2O3. The SMILES string of the molecule is CC1C(c2ccccc2)CCN1C(=O)CN1C(=O)c2ccccc2C1=O. The van der Waals surface area contributed by atoms with Crippen molar-refractivity contribution in [1.82, 2.24) is 9.80 Å². The highest BCUT2D eigenvalue weighted by molar-refractivity contribution is 6.22. The number of rotatable bonds is 3. The van der Waals surface area contributed by atoms with Crippen molar-refractivity contribution in [2.75, 3.05) is 13.1 Å². The first kappa shape index (κ1) is 16.5. The van der Waals surface area contributed by atoms with E-state index < -0.39 is 0 Å². The molecule has 1 saturated heterocycles. The van der Waals surface area contributed by atoms with Gasteiger partial charge in [-0.05, 0) is 31.0 Å². The lowest BCUT2D eigenvalue weighted by Gasteiger charge is -2.26. The van der Waals surface area contributed by atoms with Gasteiger partial charge < -0.3 is 4.90 Å². The third kappa shape index (κ3) is 2.60. The van der Waals surface area contributed by atoms with Gasteiger partial charge in [-0.3, -0.25) is 19.3 Å². The van der Waals surface area contributed by atoms with Gasteiger partial charge in [0.1, 0.15) is 6.54 Å². The predicted octanol–water partition coefficient (Wildman–Crippen LogP) is 2.69. The molecule has 0 N–H and O–H groups in total. The summed E-state index contributed by atoms with van der Waals surface area (Å²) < 4.78 is 0. The molecule has 2 aliphatic heterocycles. The molecule has 2 aliphatic rings. The summed E-state index contributed by atoms with van der Waals surface area (Å²) in [5.41, 5.74) is 1.97. The average Bonchev–Trinajstić information content (AvgIpc) is 3.16. The fourth-order valence-electron chi connectivity index (χ4n) is 4.05. The molecule has 5 heteroatoms. The number of carbonyl (C=O) groups excluding carboxylic acids is 3. The Labute approximate surface area is 152 Å². The van der Waals surface area contributed by atoms with Gasteiger partial charge in [-0.2, -0.15) is 0 Å². The highest BCUT2D eigenvalue weighted by Gasteiger charge is 2.40. The van der Waals surface area contributed by atoms with Crippen molar-refractivity contribution in [3.05, 3.63) is 71.3 Å². The van der Waals surface area contributed by atoms with Crippen molar-refractivity contribution in [2.45, 2.75) is 25.3 Å². The molecule has 2 unspecified atom stereocenters. The van der Waals surface area contributed by atoms with Crippen LogP contribution in [-0.4, -0.2) is 46.7 Å². The summed E-state index contributed by atoms with van der Waals surface area (Å²) in [5.74, 6) is -0.663. The molecule has 2 heterocycles. The smallest absolute Gasteiger partial charge is 0.262 e. The zero-order valence-electron chi connectivity index (χ0n) is 14.6. The van der Waals surface area contributed by atoms with E-state index in [1.807, 2.05) is 25.1 Å². The molecule has 2 aromatic rings. The number of nitrogens with zero attached hydrogens (tertiary/aromatic N) is 2. The minimum absolute atomic E-state index is 0.0417. The third-order valence-electron chi connectivity index (χ3n) is 5.47. The first-order chi connectivity index (χ1) is 12.6.